The summed E-state index contributed by atoms with van der Waals surface area (Å²) < 4.78 is 156. The zero-order chi connectivity index (χ0) is 102. The van der Waals surface area contributed by atoms with Crippen LogP contribution in [0.25, 0.3) is 0 Å². The van der Waals surface area contributed by atoms with Crippen LogP contribution >= 0.6 is 0 Å². The molecule has 31 heteroatoms. The molecular weight excluding hydrogens is 1910 g/mol. The van der Waals surface area contributed by atoms with Crippen molar-refractivity contribution >= 4 is 50.2 Å². The molecule has 6 aliphatic rings. The summed E-state index contributed by atoms with van der Waals surface area (Å²) in [6, 6.07) is 103. The second kappa shape index (κ2) is 49.9. The third-order valence-electron chi connectivity index (χ3n) is 26.6. The van der Waals surface area contributed by atoms with Crippen molar-refractivity contribution in [3.63, 3.8) is 0 Å². The van der Waals surface area contributed by atoms with E-state index in [1.54, 1.807) is 146 Å². The average molecular weight is 2030 g/mol. The van der Waals surface area contributed by atoms with Gasteiger partial charge in [0.25, 0.3) is 0 Å². The molecule has 768 valence electrons. The topological polar surface area (TPSA) is 326 Å². The van der Waals surface area contributed by atoms with E-state index in [1.165, 1.54) is 65.6 Å². The Bertz CT molecular complexity index is 6250. The van der Waals surface area contributed by atoms with Crippen molar-refractivity contribution in [1.29, 1.82) is 0 Å². The standard InChI is InChI=1S/C117H117NO29Si/c1-117(2,3)148(4,5)147-99-95-91(75-130-111(143-95)87-64-40-17-41-65-87)135-115(103(99)141-109(124)85-60-36-15-37-61-85)145-93-89(73-127-70-78-46-22-8-23-47-78)133-114(101(139-107(122)83-56-32-13-33-57-83)97(93)137-105(120)81-52-28-11-29-53-81)146-98-94-90(74-129-110(142-94)86-62-38-16-39-63-86)134-113(102(98)140-108(123)84-58-34-14-35-59-84)144-92-88(72-126-69-77-44-20-7-21-45-77)132-112(100(138-106(121)82-54-30-12-31-55-82)96(92)136-104(119)80-50-26-10-27-51-80)128-67-66-118(68-76-42-18-6-19-43-76)116(125)131-71-79-48-24-9-25-49-79/h6-65,88-103,110-115H,66-75H2,1-5H3/t88-,89-,90-,91-,92-,93-,94-,95-,96+,97+,98+,99+,100-,101-,102-,103-,110-,111-,112-,113+,114+,115+/m1/s1. The van der Waals surface area contributed by atoms with Crippen LogP contribution in [0.4, 0.5) is 4.79 Å². The first kappa shape index (κ1) is 104. The molecule has 0 radical (unpaired) electrons. The van der Waals surface area contributed by atoms with Crippen LogP contribution < -0.4 is 0 Å². The molecule has 12 aromatic carbocycles. The molecule has 0 aromatic heterocycles. The molecule has 30 nitrogen and oxygen atoms in total. The molecular formula is C117H117NO29Si. The van der Waals surface area contributed by atoms with E-state index in [-0.39, 0.29) is 86.1 Å². The summed E-state index contributed by atoms with van der Waals surface area (Å²) in [7, 11) is -3.09. The molecule has 6 aliphatic heterocycles. The second-order valence-corrected chi connectivity index (χ2v) is 42.7. The van der Waals surface area contributed by atoms with Crippen molar-refractivity contribution < 1.29 is 137 Å². The molecule has 0 aliphatic carbocycles. The minimum absolute atomic E-state index is 0.00452. The van der Waals surface area contributed by atoms with Gasteiger partial charge in [0, 0.05) is 24.2 Å². The summed E-state index contributed by atoms with van der Waals surface area (Å²) in [6.45, 7) is 8.15. The molecule has 0 unspecified atom stereocenters. The van der Waals surface area contributed by atoms with Gasteiger partial charge < -0.3 is 109 Å². The SMILES string of the molecule is CC(C)(C)[Si](C)(C)O[C@@H]1[C@@H](OC(=O)c2ccccc2)[C@H](O[C@H]2[C@H](OC(=O)c3ccccc3)[C@@H](OC(=O)c3ccccc3)[C@H](O[C@@H]3[C@@H](OC(=O)c4ccccc4)[C@H](O[C@H]4[C@H](OC(=O)c5ccccc5)[C@@H](OC(=O)c5ccccc5)[C@H](OCCN(Cc5ccccc5)C(=O)OCc5ccccc5)O[C@@H]4COCc4ccccc4)O[C@@H]4CO[C@@H](c5ccccc5)O[C@@H]34)O[C@@H]2COCc2ccccc2)O[C@@H]2CO[C@@H](c3ccccc3)O[C@@H]12. The summed E-state index contributed by atoms with van der Waals surface area (Å²) >= 11 is 0. The highest BCUT2D eigenvalue weighted by atomic mass is 28.4. The van der Waals surface area contributed by atoms with Crippen molar-refractivity contribution in [3.05, 3.63) is 431 Å². The Morgan fingerprint density at radius 3 is 0.953 bits per heavy atom. The zero-order valence-corrected chi connectivity index (χ0v) is 83.2. The Labute approximate surface area is 858 Å². The van der Waals surface area contributed by atoms with Gasteiger partial charge >= 0.3 is 41.9 Å². The summed E-state index contributed by atoms with van der Waals surface area (Å²) in [5.41, 5.74) is 4.31. The smallest absolute Gasteiger partial charge is 0.410 e. The van der Waals surface area contributed by atoms with Gasteiger partial charge in [-0.25, -0.2) is 33.6 Å². The van der Waals surface area contributed by atoms with Gasteiger partial charge in [-0.15, -0.1) is 0 Å². The zero-order valence-electron chi connectivity index (χ0n) is 82.2. The van der Waals surface area contributed by atoms with Crippen LogP contribution in [0.15, 0.2) is 364 Å². The summed E-state index contributed by atoms with van der Waals surface area (Å²) in [5.74, 6) is -5.74. The normalized spacial score (nSPS) is 25.8. The van der Waals surface area contributed by atoms with E-state index in [1.807, 2.05) is 171 Å². The third kappa shape index (κ3) is 26.5. The summed E-state index contributed by atoms with van der Waals surface area (Å²) in [5, 5.41) is -0.507. The van der Waals surface area contributed by atoms with E-state index in [0.717, 1.165) is 16.7 Å². The number of fused-ring (bicyclic) bond motifs is 2. The number of carbonyl (C=O) groups excluding carboxylic acids is 7. The number of carbonyl (C=O) groups is 7. The molecule has 0 bridgehead atoms. The fourth-order valence-electron chi connectivity index (χ4n) is 18.0. The fourth-order valence-corrected chi connectivity index (χ4v) is 19.3. The van der Waals surface area contributed by atoms with Gasteiger partial charge in [-0.1, -0.05) is 312 Å². The molecule has 12 aromatic rings. The third-order valence-corrected chi connectivity index (χ3v) is 31.1. The molecule has 0 saturated carbocycles. The molecule has 6 saturated heterocycles. The van der Waals surface area contributed by atoms with E-state index in [0.29, 0.717) is 16.7 Å². The van der Waals surface area contributed by atoms with E-state index in [4.69, 9.17) is 104 Å². The van der Waals surface area contributed by atoms with Gasteiger partial charge in [0.2, 0.25) is 0 Å². The molecule has 0 spiro atoms. The van der Waals surface area contributed by atoms with Crippen LogP contribution in [0.2, 0.25) is 18.1 Å². The first-order chi connectivity index (χ1) is 72.1. The van der Waals surface area contributed by atoms with Crippen LogP contribution in [0.3, 0.4) is 0 Å². The lowest BCUT2D eigenvalue weighted by Crippen LogP contribution is -2.70. The Hall–Kier alpha value is -13.7. The van der Waals surface area contributed by atoms with Crippen molar-refractivity contribution in [1.82, 2.24) is 4.90 Å². The first-order valence-corrected chi connectivity index (χ1v) is 52.4. The summed E-state index contributed by atoms with van der Waals surface area (Å²) in [4.78, 5) is 110. The molecule has 6 heterocycles. The van der Waals surface area contributed by atoms with Gasteiger partial charge in [-0.2, -0.15) is 0 Å². The van der Waals surface area contributed by atoms with Crippen molar-refractivity contribution in [2.45, 2.75) is 201 Å². The minimum Gasteiger partial charge on any atom is -0.452 e. The van der Waals surface area contributed by atoms with E-state index < -0.39 is 204 Å². The fraction of sp³-hybridized carbons (Fsp3) is 0.325. The average Bonchev–Trinajstić information content (AvgIpc) is 0.744. The number of amides is 1. The van der Waals surface area contributed by atoms with E-state index in [2.05, 4.69) is 20.8 Å². The predicted molar refractivity (Wildman–Crippen MR) is 537 cm³/mol. The van der Waals surface area contributed by atoms with Gasteiger partial charge in [0.1, 0.15) is 67.6 Å². The Kier molecular flexibility index (Phi) is 35.2. The molecule has 18 rings (SSSR count). The van der Waals surface area contributed by atoms with Gasteiger partial charge in [0.05, 0.1) is 79.6 Å². The maximum atomic E-state index is 16.0. The number of esters is 6. The van der Waals surface area contributed by atoms with Crippen LogP contribution in [0.1, 0.15) is 129 Å². The van der Waals surface area contributed by atoms with Gasteiger partial charge in [0.15, 0.2) is 82.7 Å². The maximum Gasteiger partial charge on any atom is 0.410 e. The lowest BCUT2D eigenvalue weighted by atomic mass is 9.94. The lowest BCUT2D eigenvalue weighted by Gasteiger charge is -2.54. The van der Waals surface area contributed by atoms with Crippen LogP contribution in [-0.2, 0) is 130 Å². The minimum atomic E-state index is -3.09. The highest BCUT2D eigenvalue weighted by Crippen LogP contribution is 2.47. The number of nitrogens with zero attached hydrogens (tertiary/aromatic N) is 1. The number of ether oxygens (including phenoxy) is 21. The van der Waals surface area contributed by atoms with Gasteiger partial charge in [-0.05, 0) is 113 Å². The number of hydrogen-bond acceptors (Lipinski definition) is 29. The Morgan fingerprint density at radius 2 is 0.595 bits per heavy atom. The Morgan fingerprint density at radius 1 is 0.311 bits per heavy atom. The number of rotatable bonds is 38. The van der Waals surface area contributed by atoms with Crippen LogP contribution in [0, 0.1) is 0 Å². The predicted octanol–water partition coefficient (Wildman–Crippen LogP) is 18.3. The molecule has 148 heavy (non-hydrogen) atoms. The first-order valence-electron chi connectivity index (χ1n) is 49.5. The van der Waals surface area contributed by atoms with E-state index >= 15 is 28.8 Å². The van der Waals surface area contributed by atoms with Crippen LogP contribution in [0.5, 0.6) is 0 Å². The molecule has 1 amide bonds. The Balaban J connectivity index is 0.793. The quantitative estimate of drug-likeness (QED) is 0.0197. The van der Waals surface area contributed by atoms with Crippen molar-refractivity contribution in [2.75, 3.05) is 39.6 Å². The highest BCUT2D eigenvalue weighted by Gasteiger charge is 2.64. The molecule has 22 atom stereocenters. The number of hydrogen-bond donors (Lipinski definition) is 0. The monoisotopic (exact) mass is 2030 g/mol. The van der Waals surface area contributed by atoms with E-state index in [9.17, 15) is 4.79 Å². The second-order valence-electron chi connectivity index (χ2n) is 37.9. The lowest BCUT2D eigenvalue weighted by molar-refractivity contribution is -0.411. The number of benzene rings is 12. The van der Waals surface area contributed by atoms with Crippen molar-refractivity contribution in [3.8, 4) is 0 Å². The van der Waals surface area contributed by atoms with Gasteiger partial charge in [-0.3, -0.25) is 0 Å². The molecule has 6 fully saturated rings. The van der Waals surface area contributed by atoms with Crippen LogP contribution in [-0.4, -0.2) is 218 Å². The van der Waals surface area contributed by atoms with Crippen molar-refractivity contribution in [2.24, 2.45) is 0 Å². The highest BCUT2D eigenvalue weighted by molar-refractivity contribution is 6.74. The molecule has 0 N–H and O–H groups in total. The maximum absolute atomic E-state index is 16.0. The summed E-state index contributed by atoms with van der Waals surface area (Å²) in [6.07, 6.45) is -37.1. The largest absolute Gasteiger partial charge is 0.452 e.